The van der Waals surface area contributed by atoms with Crippen molar-refractivity contribution in [2.45, 2.75) is 45.1 Å². The molecule has 1 aliphatic carbocycles. The van der Waals surface area contributed by atoms with Crippen LogP contribution in [0.5, 0.6) is 0 Å². The van der Waals surface area contributed by atoms with Crippen LogP contribution in [-0.2, 0) is 28.8 Å². The molecular formula is C15H21NO2. The molecule has 0 amide bonds. The Morgan fingerprint density at radius 1 is 1.39 bits per heavy atom. The highest BCUT2D eigenvalue weighted by molar-refractivity contribution is 5.76. The van der Waals surface area contributed by atoms with Gasteiger partial charge in [-0.1, -0.05) is 18.2 Å². The average Bonchev–Trinajstić information content (AvgIpc) is 2.39. The van der Waals surface area contributed by atoms with Crippen molar-refractivity contribution in [3.05, 3.63) is 34.9 Å². The Balaban J connectivity index is 2.11. The van der Waals surface area contributed by atoms with Crippen molar-refractivity contribution in [3.8, 4) is 0 Å². The maximum absolute atomic E-state index is 11.6. The van der Waals surface area contributed by atoms with Gasteiger partial charge in [0.05, 0.1) is 6.61 Å². The van der Waals surface area contributed by atoms with Gasteiger partial charge in [0.25, 0.3) is 0 Å². The normalized spacial score (nSPS) is 15.9. The van der Waals surface area contributed by atoms with Gasteiger partial charge in [-0.15, -0.1) is 0 Å². The summed E-state index contributed by atoms with van der Waals surface area (Å²) in [5, 5.41) is 0. The highest BCUT2D eigenvalue weighted by Gasteiger charge is 2.19. The molecule has 3 heteroatoms. The molecule has 0 radical (unpaired) electrons. The number of esters is 1. The molecule has 1 aliphatic rings. The summed E-state index contributed by atoms with van der Waals surface area (Å²) in [6, 6.07) is 5.80. The van der Waals surface area contributed by atoms with E-state index < -0.39 is 6.04 Å². The lowest BCUT2D eigenvalue weighted by Crippen LogP contribution is -2.34. The molecule has 0 fully saturated rings. The maximum Gasteiger partial charge on any atom is 0.323 e. The third-order valence-electron chi connectivity index (χ3n) is 3.52. The molecule has 1 aromatic rings. The summed E-state index contributed by atoms with van der Waals surface area (Å²) in [5.74, 6) is -0.300. The SMILES string of the molecule is CCOC(=O)[C@@H](N)Cc1cccc2c1CCCC2. The van der Waals surface area contributed by atoms with Crippen molar-refractivity contribution in [3.63, 3.8) is 0 Å². The third kappa shape index (κ3) is 2.91. The van der Waals surface area contributed by atoms with Crippen molar-refractivity contribution < 1.29 is 9.53 Å². The predicted molar refractivity (Wildman–Crippen MR) is 71.4 cm³/mol. The van der Waals surface area contributed by atoms with E-state index in [1.165, 1.54) is 29.5 Å². The smallest absolute Gasteiger partial charge is 0.323 e. The number of ether oxygens (including phenoxy) is 1. The second-order valence-electron chi connectivity index (χ2n) is 4.82. The van der Waals surface area contributed by atoms with Gasteiger partial charge < -0.3 is 10.5 Å². The van der Waals surface area contributed by atoms with Crippen LogP contribution in [0, 0.1) is 0 Å². The van der Waals surface area contributed by atoms with Gasteiger partial charge in [0, 0.05) is 0 Å². The molecule has 0 saturated heterocycles. The first-order valence-electron chi connectivity index (χ1n) is 6.74. The zero-order valence-electron chi connectivity index (χ0n) is 10.9. The predicted octanol–water partition coefficient (Wildman–Crippen LogP) is 2.00. The fraction of sp³-hybridized carbons (Fsp3) is 0.533. The van der Waals surface area contributed by atoms with Crippen LogP contribution in [0.15, 0.2) is 18.2 Å². The zero-order valence-corrected chi connectivity index (χ0v) is 10.9. The summed E-state index contributed by atoms with van der Waals surface area (Å²) in [6.07, 6.45) is 5.35. The van der Waals surface area contributed by atoms with Crippen LogP contribution < -0.4 is 5.73 Å². The molecule has 0 aromatic heterocycles. The molecule has 18 heavy (non-hydrogen) atoms. The van der Waals surface area contributed by atoms with Crippen LogP contribution >= 0.6 is 0 Å². The number of carbonyl (C=O) groups is 1. The molecule has 0 spiro atoms. The summed E-state index contributed by atoms with van der Waals surface area (Å²) >= 11 is 0. The number of carbonyl (C=O) groups excluding carboxylic acids is 1. The quantitative estimate of drug-likeness (QED) is 0.828. The molecule has 2 rings (SSSR count). The Morgan fingerprint density at radius 2 is 2.17 bits per heavy atom. The lowest BCUT2D eigenvalue weighted by molar-refractivity contribution is -0.144. The second kappa shape index (κ2) is 6.01. The van der Waals surface area contributed by atoms with E-state index in [4.69, 9.17) is 10.5 Å². The highest BCUT2D eigenvalue weighted by atomic mass is 16.5. The van der Waals surface area contributed by atoms with Crippen molar-refractivity contribution >= 4 is 5.97 Å². The van der Waals surface area contributed by atoms with E-state index in [9.17, 15) is 4.79 Å². The Hall–Kier alpha value is -1.35. The van der Waals surface area contributed by atoms with E-state index >= 15 is 0 Å². The van der Waals surface area contributed by atoms with Crippen molar-refractivity contribution in [1.29, 1.82) is 0 Å². The van der Waals surface area contributed by atoms with E-state index in [0.717, 1.165) is 12.8 Å². The van der Waals surface area contributed by atoms with E-state index in [0.29, 0.717) is 13.0 Å². The van der Waals surface area contributed by atoms with Gasteiger partial charge in [0.15, 0.2) is 0 Å². The fourth-order valence-electron chi connectivity index (χ4n) is 2.62. The minimum atomic E-state index is -0.543. The molecule has 2 N–H and O–H groups in total. The van der Waals surface area contributed by atoms with Gasteiger partial charge >= 0.3 is 5.97 Å². The van der Waals surface area contributed by atoms with Gasteiger partial charge in [0.2, 0.25) is 0 Å². The molecular weight excluding hydrogens is 226 g/mol. The molecule has 0 unspecified atom stereocenters. The maximum atomic E-state index is 11.6. The monoisotopic (exact) mass is 247 g/mol. The van der Waals surface area contributed by atoms with Crippen LogP contribution in [0.3, 0.4) is 0 Å². The fourth-order valence-corrected chi connectivity index (χ4v) is 2.62. The summed E-state index contributed by atoms with van der Waals surface area (Å²) < 4.78 is 4.96. The zero-order chi connectivity index (χ0) is 13.0. The van der Waals surface area contributed by atoms with Crippen molar-refractivity contribution in [1.82, 2.24) is 0 Å². The molecule has 1 atom stereocenters. The van der Waals surface area contributed by atoms with Gasteiger partial charge in [-0.3, -0.25) is 4.79 Å². The number of benzene rings is 1. The molecule has 3 nitrogen and oxygen atoms in total. The number of hydrogen-bond acceptors (Lipinski definition) is 3. The number of rotatable bonds is 4. The highest BCUT2D eigenvalue weighted by Crippen LogP contribution is 2.25. The Kier molecular flexibility index (Phi) is 4.37. The van der Waals surface area contributed by atoms with Crippen LogP contribution in [0.25, 0.3) is 0 Å². The number of aryl methyl sites for hydroxylation is 1. The van der Waals surface area contributed by atoms with E-state index in [2.05, 4.69) is 18.2 Å². The Labute approximate surface area is 108 Å². The van der Waals surface area contributed by atoms with E-state index in [1.54, 1.807) is 6.92 Å². The number of nitrogens with two attached hydrogens (primary N) is 1. The molecule has 0 bridgehead atoms. The van der Waals surface area contributed by atoms with Crippen LogP contribution in [0.1, 0.15) is 36.5 Å². The number of hydrogen-bond donors (Lipinski definition) is 1. The van der Waals surface area contributed by atoms with Gasteiger partial charge in [-0.2, -0.15) is 0 Å². The lowest BCUT2D eigenvalue weighted by Gasteiger charge is -2.20. The largest absolute Gasteiger partial charge is 0.465 e. The molecule has 0 heterocycles. The first-order valence-corrected chi connectivity index (χ1v) is 6.74. The van der Waals surface area contributed by atoms with Crippen molar-refractivity contribution in [2.75, 3.05) is 6.61 Å². The van der Waals surface area contributed by atoms with Gasteiger partial charge in [-0.25, -0.2) is 0 Å². The first kappa shape index (κ1) is 13.1. The molecule has 1 aromatic carbocycles. The lowest BCUT2D eigenvalue weighted by atomic mass is 9.86. The standard InChI is InChI=1S/C15H21NO2/c1-2-18-15(17)14(16)10-12-8-5-7-11-6-3-4-9-13(11)12/h5,7-8,14H,2-4,6,9-10,16H2,1H3/t14-/m0/s1. The van der Waals surface area contributed by atoms with E-state index in [-0.39, 0.29) is 5.97 Å². The van der Waals surface area contributed by atoms with Gasteiger partial charge in [0.1, 0.15) is 6.04 Å². The summed E-state index contributed by atoms with van der Waals surface area (Å²) in [4.78, 5) is 11.6. The summed E-state index contributed by atoms with van der Waals surface area (Å²) in [6.45, 7) is 2.19. The molecule has 0 aliphatic heterocycles. The number of fused-ring (bicyclic) bond motifs is 1. The minimum Gasteiger partial charge on any atom is -0.465 e. The second-order valence-corrected chi connectivity index (χ2v) is 4.82. The average molecular weight is 247 g/mol. The molecule has 0 saturated carbocycles. The third-order valence-corrected chi connectivity index (χ3v) is 3.52. The summed E-state index contributed by atoms with van der Waals surface area (Å²) in [7, 11) is 0. The van der Waals surface area contributed by atoms with Crippen LogP contribution in [0.2, 0.25) is 0 Å². The van der Waals surface area contributed by atoms with E-state index in [1.807, 2.05) is 0 Å². The Morgan fingerprint density at radius 3 is 2.94 bits per heavy atom. The van der Waals surface area contributed by atoms with Crippen molar-refractivity contribution in [2.24, 2.45) is 5.73 Å². The van der Waals surface area contributed by atoms with Gasteiger partial charge in [-0.05, 0) is 55.7 Å². The summed E-state index contributed by atoms with van der Waals surface area (Å²) in [5.41, 5.74) is 9.94. The topological polar surface area (TPSA) is 52.3 Å². The Bertz CT molecular complexity index is 429. The van der Waals surface area contributed by atoms with Crippen LogP contribution in [0.4, 0.5) is 0 Å². The molecule has 98 valence electrons. The minimum absolute atomic E-state index is 0.300. The first-order chi connectivity index (χ1) is 8.72. The van der Waals surface area contributed by atoms with Crippen LogP contribution in [-0.4, -0.2) is 18.6 Å².